The zero-order valence-electron chi connectivity index (χ0n) is 14.6. The quantitative estimate of drug-likeness (QED) is 0.420. The molecule has 1 N–H and O–H groups in total. The summed E-state index contributed by atoms with van der Waals surface area (Å²) in [5, 5.41) is 14.6. The third-order valence-corrected chi connectivity index (χ3v) is 6.66. The number of aromatic nitrogens is 1. The fourth-order valence-corrected chi connectivity index (χ4v) is 4.53. The summed E-state index contributed by atoms with van der Waals surface area (Å²) in [7, 11) is -3.59. The van der Waals surface area contributed by atoms with Crippen LogP contribution in [0.5, 0.6) is 0 Å². The first-order valence-electron chi connectivity index (χ1n) is 8.09. The van der Waals surface area contributed by atoms with Gasteiger partial charge in [-0.1, -0.05) is 19.9 Å². The van der Waals surface area contributed by atoms with Crippen LogP contribution in [-0.2, 0) is 14.8 Å². The van der Waals surface area contributed by atoms with Gasteiger partial charge in [-0.05, 0) is 36.0 Å². The molecule has 7 nitrogen and oxygen atoms in total. The summed E-state index contributed by atoms with van der Waals surface area (Å²) in [6.07, 6.45) is 1.36. The zero-order chi connectivity index (χ0) is 19.2. The van der Waals surface area contributed by atoms with Crippen LogP contribution in [0.3, 0.4) is 0 Å². The molecule has 2 aromatic rings. The molecule has 0 aliphatic heterocycles. The van der Waals surface area contributed by atoms with Crippen LogP contribution in [0, 0.1) is 5.21 Å². The van der Waals surface area contributed by atoms with Gasteiger partial charge in [0.2, 0.25) is 15.9 Å². The molecule has 0 aliphatic rings. The molecule has 0 spiro atoms. The maximum absolute atomic E-state index is 12.6. The molecule has 0 radical (unpaired) electrons. The van der Waals surface area contributed by atoms with Crippen molar-refractivity contribution in [3.8, 4) is 0 Å². The van der Waals surface area contributed by atoms with E-state index in [1.807, 2.05) is 0 Å². The van der Waals surface area contributed by atoms with Gasteiger partial charge in [-0.2, -0.15) is 9.04 Å². The molecule has 2 rings (SSSR count). The van der Waals surface area contributed by atoms with Gasteiger partial charge in [0.25, 0.3) is 5.03 Å². The fraction of sp³-hybridized carbons (Fsp3) is 0.294. The number of amides is 1. The second kappa shape index (κ2) is 9.02. The predicted octanol–water partition coefficient (Wildman–Crippen LogP) is 2.08. The van der Waals surface area contributed by atoms with Gasteiger partial charge in [-0.15, -0.1) is 0 Å². The van der Waals surface area contributed by atoms with Crippen LogP contribution < -0.4 is 10.0 Å². The van der Waals surface area contributed by atoms with E-state index in [-0.39, 0.29) is 16.6 Å². The smallest absolute Gasteiger partial charge is 0.251 e. The van der Waals surface area contributed by atoms with E-state index < -0.39 is 10.0 Å². The summed E-state index contributed by atoms with van der Waals surface area (Å²) < 4.78 is 27.1. The first-order valence-corrected chi connectivity index (χ1v) is 10.5. The Bertz CT molecular complexity index is 868. The second-order valence-electron chi connectivity index (χ2n) is 5.32. The fourth-order valence-electron chi connectivity index (χ4n) is 2.31. The van der Waals surface area contributed by atoms with Crippen LogP contribution in [0.1, 0.15) is 13.8 Å². The van der Waals surface area contributed by atoms with E-state index in [4.69, 9.17) is 0 Å². The summed E-state index contributed by atoms with van der Waals surface area (Å²) in [6, 6.07) is 11.1. The molecule has 9 heteroatoms. The largest absolute Gasteiger partial charge is 0.618 e. The standard InChI is InChI=1S/C17H21N3O4S2/c1-3-19(4-2)26(23,24)15-9-7-8-14(12-15)18-16(21)13-25-17-10-5-6-11-20(17)22/h5-12H,3-4,13H2,1-2H3,(H,18,21). The highest BCUT2D eigenvalue weighted by atomic mass is 32.2. The van der Waals surface area contributed by atoms with Gasteiger partial charge < -0.3 is 10.5 Å². The van der Waals surface area contributed by atoms with Crippen molar-refractivity contribution in [3.63, 3.8) is 0 Å². The monoisotopic (exact) mass is 395 g/mol. The number of benzene rings is 1. The summed E-state index contributed by atoms with van der Waals surface area (Å²) in [5.74, 6) is -0.282. The van der Waals surface area contributed by atoms with Crippen molar-refractivity contribution in [1.82, 2.24) is 4.31 Å². The molecule has 0 fully saturated rings. The number of sulfonamides is 1. The third kappa shape index (κ3) is 4.96. The minimum Gasteiger partial charge on any atom is -0.618 e. The van der Waals surface area contributed by atoms with E-state index in [0.717, 1.165) is 11.8 Å². The van der Waals surface area contributed by atoms with Gasteiger partial charge >= 0.3 is 0 Å². The predicted molar refractivity (Wildman–Crippen MR) is 101 cm³/mol. The molecule has 1 heterocycles. The Kier molecular flexibility index (Phi) is 7.01. The summed E-state index contributed by atoms with van der Waals surface area (Å²) in [6.45, 7) is 4.29. The Labute approximate surface area is 157 Å². The number of carbonyl (C=O) groups excluding carboxylic acids is 1. The van der Waals surface area contributed by atoms with E-state index in [2.05, 4.69) is 5.32 Å². The number of hydrogen-bond acceptors (Lipinski definition) is 5. The average molecular weight is 396 g/mol. The van der Waals surface area contributed by atoms with Crippen LogP contribution in [0.2, 0.25) is 0 Å². The van der Waals surface area contributed by atoms with Gasteiger partial charge in [-0.3, -0.25) is 4.79 Å². The first-order chi connectivity index (χ1) is 12.4. The third-order valence-electron chi connectivity index (χ3n) is 3.60. The minimum absolute atomic E-state index is 0.0409. The molecule has 0 saturated heterocycles. The Morgan fingerprint density at radius 3 is 2.58 bits per heavy atom. The Morgan fingerprint density at radius 1 is 1.19 bits per heavy atom. The Morgan fingerprint density at radius 2 is 1.92 bits per heavy atom. The van der Waals surface area contributed by atoms with Crippen molar-refractivity contribution >= 4 is 33.4 Å². The van der Waals surface area contributed by atoms with Gasteiger partial charge in [0, 0.05) is 30.9 Å². The number of carbonyl (C=O) groups is 1. The Balaban J connectivity index is 2.06. The molecular formula is C17H21N3O4S2. The van der Waals surface area contributed by atoms with Crippen molar-refractivity contribution in [2.75, 3.05) is 24.2 Å². The second-order valence-corrected chi connectivity index (χ2v) is 8.25. The highest BCUT2D eigenvalue weighted by molar-refractivity contribution is 7.99. The molecule has 0 atom stereocenters. The molecule has 0 unspecified atom stereocenters. The van der Waals surface area contributed by atoms with Crippen LogP contribution in [0.25, 0.3) is 0 Å². The van der Waals surface area contributed by atoms with Crippen LogP contribution in [0.15, 0.2) is 58.6 Å². The van der Waals surface area contributed by atoms with Crippen LogP contribution >= 0.6 is 11.8 Å². The summed E-state index contributed by atoms with van der Waals surface area (Å²) in [5.41, 5.74) is 0.395. The highest BCUT2D eigenvalue weighted by Crippen LogP contribution is 2.20. The molecule has 0 aliphatic carbocycles. The van der Waals surface area contributed by atoms with Crippen molar-refractivity contribution in [1.29, 1.82) is 0 Å². The topological polar surface area (TPSA) is 93.4 Å². The lowest BCUT2D eigenvalue weighted by molar-refractivity contribution is -0.645. The van der Waals surface area contributed by atoms with E-state index in [0.29, 0.717) is 28.5 Å². The number of nitrogens with one attached hydrogen (secondary N) is 1. The number of thioether (sulfide) groups is 1. The maximum Gasteiger partial charge on any atom is 0.251 e. The van der Waals surface area contributed by atoms with E-state index in [1.165, 1.54) is 22.6 Å². The van der Waals surface area contributed by atoms with Gasteiger partial charge in [0.1, 0.15) is 0 Å². The molecule has 140 valence electrons. The average Bonchev–Trinajstić information content (AvgIpc) is 2.62. The molecule has 1 aromatic heterocycles. The lowest BCUT2D eigenvalue weighted by Gasteiger charge is -2.18. The van der Waals surface area contributed by atoms with Crippen molar-refractivity contribution < 1.29 is 17.9 Å². The van der Waals surface area contributed by atoms with E-state index >= 15 is 0 Å². The number of hydrogen-bond donors (Lipinski definition) is 1. The van der Waals surface area contributed by atoms with Crippen molar-refractivity contribution in [3.05, 3.63) is 53.9 Å². The number of anilines is 1. The number of nitrogens with zero attached hydrogens (tertiary/aromatic N) is 2. The summed E-state index contributed by atoms with van der Waals surface area (Å²) >= 11 is 1.11. The van der Waals surface area contributed by atoms with Crippen LogP contribution in [-0.4, -0.2) is 37.5 Å². The van der Waals surface area contributed by atoms with Crippen molar-refractivity contribution in [2.45, 2.75) is 23.8 Å². The highest BCUT2D eigenvalue weighted by Gasteiger charge is 2.21. The molecule has 1 amide bonds. The number of pyridine rings is 1. The molecule has 1 aromatic carbocycles. The first kappa shape index (κ1) is 20.2. The molecule has 26 heavy (non-hydrogen) atoms. The van der Waals surface area contributed by atoms with Gasteiger partial charge in [-0.25, -0.2) is 8.42 Å². The van der Waals surface area contributed by atoms with Crippen molar-refractivity contribution in [2.24, 2.45) is 0 Å². The summed E-state index contributed by atoms with van der Waals surface area (Å²) in [4.78, 5) is 12.2. The zero-order valence-corrected chi connectivity index (χ0v) is 16.2. The maximum atomic E-state index is 12.6. The molecule has 0 bridgehead atoms. The number of rotatable bonds is 8. The molecule has 0 saturated carbocycles. The lowest BCUT2D eigenvalue weighted by atomic mass is 10.3. The normalized spacial score (nSPS) is 11.5. The molecular weight excluding hydrogens is 374 g/mol. The van der Waals surface area contributed by atoms with E-state index in [9.17, 15) is 18.4 Å². The SMILES string of the molecule is CCN(CC)S(=O)(=O)c1cccc(NC(=O)CSc2cccc[n+]2[O-])c1. The van der Waals surface area contributed by atoms with E-state index in [1.54, 1.807) is 44.2 Å². The van der Waals surface area contributed by atoms with Gasteiger partial charge in [0.15, 0.2) is 6.20 Å². The van der Waals surface area contributed by atoms with Gasteiger partial charge in [0.05, 0.1) is 10.6 Å². The minimum atomic E-state index is -3.59. The lowest BCUT2D eigenvalue weighted by Crippen LogP contribution is -2.30. The Hall–Kier alpha value is -2.10. The van der Waals surface area contributed by atoms with Crippen LogP contribution in [0.4, 0.5) is 5.69 Å².